The van der Waals surface area contributed by atoms with Crippen LogP contribution in [0.2, 0.25) is 0 Å². The number of halogens is 1. The molecule has 2 aromatic heterocycles. The van der Waals surface area contributed by atoms with Crippen LogP contribution in [0.15, 0.2) is 53.0 Å². The van der Waals surface area contributed by atoms with Crippen molar-refractivity contribution < 1.29 is 18.7 Å². The molecule has 1 atom stereocenters. The first kappa shape index (κ1) is 22.2. The van der Waals surface area contributed by atoms with Crippen molar-refractivity contribution in [2.75, 3.05) is 13.2 Å². The molecule has 9 heteroatoms. The zero-order valence-electron chi connectivity index (χ0n) is 17.9. The van der Waals surface area contributed by atoms with Crippen molar-refractivity contribution in [3.05, 3.63) is 75.5 Å². The van der Waals surface area contributed by atoms with Crippen LogP contribution in [0.25, 0.3) is 11.7 Å². The maximum Gasteiger partial charge on any atom is 0.269 e. The third-order valence-electron chi connectivity index (χ3n) is 5.26. The Morgan fingerprint density at radius 3 is 2.94 bits per heavy atom. The highest BCUT2D eigenvalue weighted by atomic mass is 19.1. The highest BCUT2D eigenvalue weighted by molar-refractivity contribution is 6.01. The molecule has 1 aromatic carbocycles. The molecule has 1 N–H and O–H groups in total. The van der Waals surface area contributed by atoms with Gasteiger partial charge >= 0.3 is 0 Å². The van der Waals surface area contributed by atoms with Crippen molar-refractivity contribution in [3.8, 4) is 17.7 Å². The summed E-state index contributed by atoms with van der Waals surface area (Å²) in [7, 11) is 0. The van der Waals surface area contributed by atoms with E-state index < -0.39 is 17.3 Å². The predicted molar refractivity (Wildman–Crippen MR) is 118 cm³/mol. The number of fused-ring (bicyclic) bond motifs is 1. The number of pyridine rings is 1. The second-order valence-corrected chi connectivity index (χ2v) is 7.57. The number of nitrogens with one attached hydrogen (secondary N) is 1. The number of nitrogens with zero attached hydrogens (tertiary/aromatic N) is 3. The molecule has 3 aromatic rings. The van der Waals surface area contributed by atoms with E-state index in [0.717, 1.165) is 18.9 Å². The molecular weight excluding hydrogens is 427 g/mol. The summed E-state index contributed by atoms with van der Waals surface area (Å²) < 4.78 is 26.6. The van der Waals surface area contributed by atoms with Gasteiger partial charge in [-0.2, -0.15) is 10.2 Å². The van der Waals surface area contributed by atoms with Gasteiger partial charge in [-0.25, -0.2) is 4.39 Å². The van der Waals surface area contributed by atoms with Gasteiger partial charge in [0.25, 0.3) is 11.5 Å². The molecule has 1 amide bonds. The number of rotatable bonds is 6. The van der Waals surface area contributed by atoms with Gasteiger partial charge in [0.15, 0.2) is 11.6 Å². The smallest absolute Gasteiger partial charge is 0.269 e. The van der Waals surface area contributed by atoms with Gasteiger partial charge in [0.05, 0.1) is 6.10 Å². The van der Waals surface area contributed by atoms with E-state index in [-0.39, 0.29) is 35.4 Å². The minimum absolute atomic E-state index is 0.107. The Labute approximate surface area is 188 Å². The SMILES string of the molecule is Cc1cccn2c(=O)c(/C=C(\C#N)C(=O)NCC3CCCO3)c(Oc3ccccc3F)nc12. The summed E-state index contributed by atoms with van der Waals surface area (Å²) in [5.41, 5.74) is -0.0107. The topological polar surface area (TPSA) is 106 Å². The van der Waals surface area contributed by atoms with Gasteiger partial charge in [0.1, 0.15) is 22.9 Å². The monoisotopic (exact) mass is 448 g/mol. The molecule has 1 aliphatic rings. The quantitative estimate of drug-likeness (QED) is 0.459. The van der Waals surface area contributed by atoms with Crippen molar-refractivity contribution in [1.29, 1.82) is 5.26 Å². The maximum atomic E-state index is 14.2. The molecule has 0 aliphatic carbocycles. The van der Waals surface area contributed by atoms with Crippen molar-refractivity contribution in [1.82, 2.24) is 14.7 Å². The molecule has 1 aliphatic heterocycles. The first-order chi connectivity index (χ1) is 16.0. The summed E-state index contributed by atoms with van der Waals surface area (Å²) in [5.74, 6) is -1.65. The van der Waals surface area contributed by atoms with Crippen LogP contribution in [0.4, 0.5) is 4.39 Å². The number of carbonyl (C=O) groups is 1. The lowest BCUT2D eigenvalue weighted by Gasteiger charge is -2.12. The summed E-state index contributed by atoms with van der Waals surface area (Å²) in [6.45, 7) is 2.66. The maximum absolute atomic E-state index is 14.2. The van der Waals surface area contributed by atoms with Gasteiger partial charge < -0.3 is 14.8 Å². The van der Waals surface area contributed by atoms with E-state index in [1.807, 2.05) is 6.07 Å². The average molecular weight is 448 g/mol. The fourth-order valence-corrected chi connectivity index (χ4v) is 3.53. The summed E-state index contributed by atoms with van der Waals surface area (Å²) in [4.78, 5) is 30.3. The molecule has 1 unspecified atom stereocenters. The fourth-order valence-electron chi connectivity index (χ4n) is 3.53. The zero-order chi connectivity index (χ0) is 23.4. The molecule has 8 nitrogen and oxygen atoms in total. The lowest BCUT2D eigenvalue weighted by molar-refractivity contribution is -0.117. The largest absolute Gasteiger partial charge is 0.435 e. The van der Waals surface area contributed by atoms with E-state index in [0.29, 0.717) is 17.8 Å². The van der Waals surface area contributed by atoms with Crippen LogP contribution in [0, 0.1) is 24.1 Å². The van der Waals surface area contributed by atoms with E-state index in [4.69, 9.17) is 9.47 Å². The molecule has 3 heterocycles. The molecule has 4 rings (SSSR count). The van der Waals surface area contributed by atoms with Crippen molar-refractivity contribution in [2.24, 2.45) is 0 Å². The van der Waals surface area contributed by atoms with Crippen LogP contribution in [-0.4, -0.2) is 34.5 Å². The van der Waals surface area contributed by atoms with E-state index in [1.165, 1.54) is 28.8 Å². The van der Waals surface area contributed by atoms with Gasteiger partial charge in [-0.1, -0.05) is 18.2 Å². The van der Waals surface area contributed by atoms with Crippen LogP contribution >= 0.6 is 0 Å². The zero-order valence-corrected chi connectivity index (χ0v) is 17.9. The number of hydrogen-bond donors (Lipinski definition) is 1. The molecule has 1 saturated heterocycles. The third-order valence-corrected chi connectivity index (χ3v) is 5.26. The summed E-state index contributed by atoms with van der Waals surface area (Å²) in [5, 5.41) is 12.2. The molecule has 1 fully saturated rings. The Morgan fingerprint density at radius 1 is 1.39 bits per heavy atom. The Kier molecular flexibility index (Phi) is 6.47. The van der Waals surface area contributed by atoms with Crippen molar-refractivity contribution >= 4 is 17.6 Å². The number of nitriles is 1. The molecular formula is C24H21FN4O4. The van der Waals surface area contributed by atoms with Crippen LogP contribution in [0.1, 0.15) is 24.0 Å². The van der Waals surface area contributed by atoms with E-state index >= 15 is 0 Å². The summed E-state index contributed by atoms with van der Waals surface area (Å²) >= 11 is 0. The second kappa shape index (κ2) is 9.63. The molecule has 168 valence electrons. The van der Waals surface area contributed by atoms with E-state index in [2.05, 4.69) is 10.3 Å². The molecule has 0 bridgehead atoms. The molecule has 33 heavy (non-hydrogen) atoms. The number of carbonyl (C=O) groups excluding carboxylic acids is 1. The average Bonchev–Trinajstić information content (AvgIpc) is 3.33. The minimum atomic E-state index is -0.654. The van der Waals surface area contributed by atoms with Gasteiger partial charge in [-0.15, -0.1) is 0 Å². The Hall–Kier alpha value is -4.03. The van der Waals surface area contributed by atoms with Gasteiger partial charge in [0.2, 0.25) is 5.88 Å². The predicted octanol–water partition coefficient (Wildman–Crippen LogP) is 3.14. The number of ether oxygens (including phenoxy) is 2. The number of benzene rings is 1. The Bertz CT molecular complexity index is 1340. The van der Waals surface area contributed by atoms with Gasteiger partial charge in [-0.05, 0) is 49.6 Å². The number of amides is 1. The van der Waals surface area contributed by atoms with E-state index in [1.54, 1.807) is 25.1 Å². The number of hydrogen-bond acceptors (Lipinski definition) is 6. The first-order valence-corrected chi connectivity index (χ1v) is 10.4. The highest BCUT2D eigenvalue weighted by Gasteiger charge is 2.21. The Morgan fingerprint density at radius 2 is 2.21 bits per heavy atom. The van der Waals surface area contributed by atoms with Crippen molar-refractivity contribution in [2.45, 2.75) is 25.9 Å². The number of aromatic nitrogens is 2. The van der Waals surface area contributed by atoms with Crippen LogP contribution in [0.5, 0.6) is 11.6 Å². The summed E-state index contributed by atoms with van der Waals surface area (Å²) in [6, 6.07) is 10.9. The van der Waals surface area contributed by atoms with E-state index in [9.17, 15) is 19.2 Å². The third kappa shape index (κ3) is 4.76. The Balaban J connectivity index is 1.77. The number of para-hydroxylation sites is 1. The lowest BCUT2D eigenvalue weighted by Crippen LogP contribution is -2.32. The summed E-state index contributed by atoms with van der Waals surface area (Å²) in [6.07, 6.45) is 4.26. The fraction of sp³-hybridized carbons (Fsp3) is 0.250. The first-order valence-electron chi connectivity index (χ1n) is 10.4. The van der Waals surface area contributed by atoms with Crippen LogP contribution < -0.4 is 15.6 Å². The second-order valence-electron chi connectivity index (χ2n) is 7.57. The van der Waals surface area contributed by atoms with Crippen LogP contribution in [-0.2, 0) is 9.53 Å². The highest BCUT2D eigenvalue weighted by Crippen LogP contribution is 2.26. The molecule has 0 spiro atoms. The lowest BCUT2D eigenvalue weighted by atomic mass is 10.1. The van der Waals surface area contributed by atoms with Crippen molar-refractivity contribution in [3.63, 3.8) is 0 Å². The molecule has 0 saturated carbocycles. The van der Waals surface area contributed by atoms with Gasteiger partial charge in [-0.3, -0.25) is 14.0 Å². The minimum Gasteiger partial charge on any atom is -0.435 e. The standard InChI is InChI=1S/C24H21FN4O4/c1-15-6-4-10-29-21(15)28-23(33-20-9-3-2-8-19(20)25)18(24(29)31)12-16(13-26)22(30)27-14-17-7-5-11-32-17/h2-4,6,8-10,12,17H,5,7,11,14H2,1H3,(H,27,30)/b16-12+. The normalized spacial score (nSPS) is 15.9. The molecule has 0 radical (unpaired) electrons. The van der Waals surface area contributed by atoms with Crippen LogP contribution in [0.3, 0.4) is 0 Å². The number of aryl methyl sites for hydroxylation is 1. The van der Waals surface area contributed by atoms with Gasteiger partial charge in [0, 0.05) is 19.3 Å².